The number of carbonyl (C=O) groups excluding carboxylic acids is 2. The largest absolute Gasteiger partial charge is 0.377 e. The predicted molar refractivity (Wildman–Crippen MR) is 76.0 cm³/mol. The highest BCUT2D eigenvalue weighted by atomic mass is 35.5. The quantitative estimate of drug-likeness (QED) is 0.788. The molecule has 2 heterocycles. The fourth-order valence-corrected chi connectivity index (χ4v) is 3.05. The van der Waals surface area contributed by atoms with Crippen LogP contribution < -0.4 is 4.90 Å². The van der Waals surface area contributed by atoms with Crippen molar-refractivity contribution in [3.8, 4) is 0 Å². The molecule has 0 spiro atoms. The van der Waals surface area contributed by atoms with Gasteiger partial charge < -0.3 is 4.74 Å². The number of rotatable bonds is 2. The van der Waals surface area contributed by atoms with E-state index in [1.165, 1.54) is 11.0 Å². The summed E-state index contributed by atoms with van der Waals surface area (Å²) < 4.78 is 5.54. The summed E-state index contributed by atoms with van der Waals surface area (Å²) in [5.74, 6) is -0.798. The van der Waals surface area contributed by atoms with Crippen LogP contribution in [0.2, 0.25) is 10.0 Å². The standard InChI is InChI=1S/C14H13Cl2NO3/c15-10-4-3-8(6-11(10)16)17-13(18)7-9(14(17)19)12-2-1-5-20-12/h3-4,6,9,12H,1-2,5,7H2/t9-,12-/m0/s1. The normalized spacial score (nSPS) is 26.6. The van der Waals surface area contributed by atoms with Gasteiger partial charge in [0.25, 0.3) is 0 Å². The minimum atomic E-state index is -0.376. The van der Waals surface area contributed by atoms with Crippen LogP contribution in [-0.4, -0.2) is 24.5 Å². The predicted octanol–water partition coefficient (Wildman–Crippen LogP) is 3.05. The number of amides is 2. The summed E-state index contributed by atoms with van der Waals surface area (Å²) in [6.07, 6.45) is 1.83. The summed E-state index contributed by atoms with van der Waals surface area (Å²) in [6, 6.07) is 4.75. The minimum absolute atomic E-state index is 0.140. The number of carbonyl (C=O) groups is 2. The Morgan fingerprint density at radius 2 is 2.00 bits per heavy atom. The van der Waals surface area contributed by atoms with Crippen molar-refractivity contribution in [1.29, 1.82) is 0 Å². The van der Waals surface area contributed by atoms with Crippen LogP contribution in [0.25, 0.3) is 0 Å². The molecule has 1 aromatic carbocycles. The monoisotopic (exact) mass is 313 g/mol. The Kier molecular flexibility index (Phi) is 3.71. The number of nitrogens with zero attached hydrogens (tertiary/aromatic N) is 1. The number of benzene rings is 1. The maximum atomic E-state index is 12.4. The minimum Gasteiger partial charge on any atom is -0.377 e. The van der Waals surface area contributed by atoms with E-state index in [1.54, 1.807) is 12.1 Å². The lowest BCUT2D eigenvalue weighted by Crippen LogP contribution is -2.33. The van der Waals surface area contributed by atoms with Crippen molar-refractivity contribution in [3.63, 3.8) is 0 Å². The van der Waals surface area contributed by atoms with Gasteiger partial charge in [0.1, 0.15) is 0 Å². The first-order valence-electron chi connectivity index (χ1n) is 6.51. The molecule has 2 aliphatic heterocycles. The molecular formula is C14H13Cl2NO3. The van der Waals surface area contributed by atoms with Gasteiger partial charge in [0.2, 0.25) is 11.8 Å². The smallest absolute Gasteiger partial charge is 0.240 e. The first-order valence-corrected chi connectivity index (χ1v) is 7.27. The molecule has 0 radical (unpaired) electrons. The molecular weight excluding hydrogens is 301 g/mol. The van der Waals surface area contributed by atoms with Crippen LogP contribution in [0.1, 0.15) is 19.3 Å². The summed E-state index contributed by atoms with van der Waals surface area (Å²) in [5.41, 5.74) is 0.467. The van der Waals surface area contributed by atoms with Crippen molar-refractivity contribution >= 4 is 40.7 Å². The highest BCUT2D eigenvalue weighted by Crippen LogP contribution is 2.35. The van der Waals surface area contributed by atoms with Crippen LogP contribution in [0.5, 0.6) is 0 Å². The van der Waals surface area contributed by atoms with Gasteiger partial charge in [-0.15, -0.1) is 0 Å². The first kappa shape index (κ1) is 13.9. The Morgan fingerprint density at radius 1 is 1.20 bits per heavy atom. The lowest BCUT2D eigenvalue weighted by atomic mass is 9.98. The average molecular weight is 314 g/mol. The van der Waals surface area contributed by atoms with E-state index in [9.17, 15) is 9.59 Å². The van der Waals surface area contributed by atoms with Crippen LogP contribution in [-0.2, 0) is 14.3 Å². The molecule has 0 aromatic heterocycles. The second-order valence-corrected chi connectivity index (χ2v) is 5.84. The second-order valence-electron chi connectivity index (χ2n) is 5.03. The molecule has 0 unspecified atom stereocenters. The Labute approximate surface area is 126 Å². The Hall–Kier alpha value is -1.10. The third-order valence-corrected chi connectivity index (χ3v) is 4.50. The van der Waals surface area contributed by atoms with Gasteiger partial charge in [-0.1, -0.05) is 23.2 Å². The molecule has 3 rings (SSSR count). The summed E-state index contributed by atoms with van der Waals surface area (Å²) in [4.78, 5) is 25.8. The lowest BCUT2D eigenvalue weighted by molar-refractivity contribution is -0.124. The highest BCUT2D eigenvalue weighted by Gasteiger charge is 2.45. The van der Waals surface area contributed by atoms with E-state index < -0.39 is 0 Å². The van der Waals surface area contributed by atoms with Crippen molar-refractivity contribution in [2.75, 3.05) is 11.5 Å². The molecule has 0 saturated carbocycles. The van der Waals surface area contributed by atoms with Crippen molar-refractivity contribution in [3.05, 3.63) is 28.2 Å². The number of hydrogen-bond donors (Lipinski definition) is 0. The van der Waals surface area contributed by atoms with Crippen LogP contribution in [0.3, 0.4) is 0 Å². The molecule has 4 nitrogen and oxygen atoms in total. The van der Waals surface area contributed by atoms with E-state index in [2.05, 4.69) is 0 Å². The second kappa shape index (κ2) is 5.35. The summed E-state index contributed by atoms with van der Waals surface area (Å²) in [5, 5.41) is 0.718. The molecule has 20 heavy (non-hydrogen) atoms. The number of anilines is 1. The van der Waals surface area contributed by atoms with Crippen molar-refractivity contribution in [1.82, 2.24) is 0 Å². The molecule has 2 amide bonds. The first-order chi connectivity index (χ1) is 9.58. The molecule has 2 atom stereocenters. The van der Waals surface area contributed by atoms with Crippen molar-refractivity contribution in [2.24, 2.45) is 5.92 Å². The molecule has 0 aliphatic carbocycles. The average Bonchev–Trinajstić information content (AvgIpc) is 3.02. The molecule has 2 aliphatic rings. The number of halogens is 2. The third-order valence-electron chi connectivity index (χ3n) is 3.76. The van der Waals surface area contributed by atoms with E-state index in [1.807, 2.05) is 0 Å². The highest BCUT2D eigenvalue weighted by molar-refractivity contribution is 6.42. The zero-order chi connectivity index (χ0) is 14.3. The molecule has 2 fully saturated rings. The lowest BCUT2D eigenvalue weighted by Gasteiger charge is -2.18. The Bertz CT molecular complexity index is 570. The van der Waals surface area contributed by atoms with E-state index in [0.717, 1.165) is 12.8 Å². The fraction of sp³-hybridized carbons (Fsp3) is 0.429. The van der Waals surface area contributed by atoms with Gasteiger partial charge in [-0.2, -0.15) is 0 Å². The number of ether oxygens (including phenoxy) is 1. The summed E-state index contributed by atoms with van der Waals surface area (Å²) in [6.45, 7) is 0.662. The maximum Gasteiger partial charge on any atom is 0.240 e. The Balaban J connectivity index is 1.87. The molecule has 6 heteroatoms. The topological polar surface area (TPSA) is 46.6 Å². The van der Waals surface area contributed by atoms with E-state index >= 15 is 0 Å². The number of imide groups is 1. The molecule has 0 N–H and O–H groups in total. The van der Waals surface area contributed by atoms with Gasteiger partial charge >= 0.3 is 0 Å². The van der Waals surface area contributed by atoms with Gasteiger partial charge in [0.15, 0.2) is 0 Å². The zero-order valence-corrected chi connectivity index (χ0v) is 12.2. The SMILES string of the molecule is O=C1C[C@@H]([C@@H]2CCCO2)C(=O)N1c1ccc(Cl)c(Cl)c1. The van der Waals surface area contributed by atoms with Crippen LogP contribution >= 0.6 is 23.2 Å². The Morgan fingerprint density at radius 3 is 2.65 bits per heavy atom. The van der Waals surface area contributed by atoms with Crippen LogP contribution in [0.15, 0.2) is 18.2 Å². The molecule has 2 saturated heterocycles. The van der Waals surface area contributed by atoms with E-state index in [0.29, 0.717) is 22.3 Å². The van der Waals surface area contributed by atoms with Gasteiger partial charge in [0, 0.05) is 13.0 Å². The van der Waals surface area contributed by atoms with Crippen LogP contribution in [0, 0.1) is 5.92 Å². The van der Waals surface area contributed by atoms with Gasteiger partial charge in [-0.25, -0.2) is 0 Å². The molecule has 1 aromatic rings. The summed E-state index contributed by atoms with van der Waals surface area (Å²) in [7, 11) is 0. The number of hydrogen-bond acceptors (Lipinski definition) is 3. The van der Waals surface area contributed by atoms with Gasteiger partial charge in [0.05, 0.1) is 27.8 Å². The van der Waals surface area contributed by atoms with E-state index in [-0.39, 0.29) is 30.3 Å². The van der Waals surface area contributed by atoms with Gasteiger partial charge in [-0.05, 0) is 31.0 Å². The van der Waals surface area contributed by atoms with Crippen molar-refractivity contribution in [2.45, 2.75) is 25.4 Å². The maximum absolute atomic E-state index is 12.4. The fourth-order valence-electron chi connectivity index (χ4n) is 2.76. The van der Waals surface area contributed by atoms with Gasteiger partial charge in [-0.3, -0.25) is 14.5 Å². The zero-order valence-electron chi connectivity index (χ0n) is 10.6. The third kappa shape index (κ3) is 2.32. The molecule has 106 valence electrons. The van der Waals surface area contributed by atoms with E-state index in [4.69, 9.17) is 27.9 Å². The van der Waals surface area contributed by atoms with Crippen molar-refractivity contribution < 1.29 is 14.3 Å². The summed E-state index contributed by atoms with van der Waals surface area (Å²) >= 11 is 11.8. The van der Waals surface area contributed by atoms with Crippen LogP contribution in [0.4, 0.5) is 5.69 Å². The molecule has 0 bridgehead atoms.